The van der Waals surface area contributed by atoms with Crippen LogP contribution in [-0.2, 0) is 9.59 Å². The second-order valence-electron chi connectivity index (χ2n) is 6.72. The van der Waals surface area contributed by atoms with E-state index in [2.05, 4.69) is 12.2 Å². The highest BCUT2D eigenvalue weighted by molar-refractivity contribution is 6.36. The Morgan fingerprint density at radius 1 is 1.29 bits per heavy atom. The van der Waals surface area contributed by atoms with E-state index in [0.29, 0.717) is 28.6 Å². The molecule has 4 nitrogen and oxygen atoms in total. The summed E-state index contributed by atoms with van der Waals surface area (Å²) in [4.78, 5) is 27.7. The number of piperidine rings is 1. The minimum absolute atomic E-state index is 0.0234. The molecule has 2 amide bonds. The number of carbonyl (C=O) groups is 2. The first-order chi connectivity index (χ1) is 11.5. The molecule has 1 saturated heterocycles. The van der Waals surface area contributed by atoms with Crippen molar-refractivity contribution < 1.29 is 9.59 Å². The van der Waals surface area contributed by atoms with Crippen LogP contribution in [0.1, 0.15) is 45.4 Å². The van der Waals surface area contributed by atoms with E-state index in [-0.39, 0.29) is 17.9 Å². The minimum atomic E-state index is -0.920. The van der Waals surface area contributed by atoms with E-state index in [1.54, 1.807) is 18.2 Å². The molecule has 1 N–H and O–H groups in total. The van der Waals surface area contributed by atoms with Crippen molar-refractivity contribution in [3.8, 4) is 0 Å². The molecule has 1 aromatic rings. The average molecular weight is 369 g/mol. The lowest BCUT2D eigenvalue weighted by molar-refractivity contribution is -0.145. The SMILES string of the molecule is CCC1CCCCN1C(=O)C1(C(=O)Nc2cc(Cl)ccc2Cl)CC1. The number of anilines is 1. The molecule has 1 atom stereocenters. The fraction of sp³-hybridized carbons (Fsp3) is 0.556. The van der Waals surface area contributed by atoms with Gasteiger partial charge in [0.2, 0.25) is 11.8 Å². The molecule has 1 saturated carbocycles. The molecule has 2 fully saturated rings. The van der Waals surface area contributed by atoms with Crippen molar-refractivity contribution >= 4 is 40.7 Å². The van der Waals surface area contributed by atoms with Gasteiger partial charge >= 0.3 is 0 Å². The van der Waals surface area contributed by atoms with Gasteiger partial charge < -0.3 is 10.2 Å². The molecular formula is C18H22Cl2N2O2. The van der Waals surface area contributed by atoms with E-state index in [9.17, 15) is 9.59 Å². The zero-order valence-electron chi connectivity index (χ0n) is 13.8. The molecule has 1 aromatic carbocycles. The van der Waals surface area contributed by atoms with Crippen molar-refractivity contribution in [1.82, 2.24) is 4.90 Å². The number of hydrogen-bond donors (Lipinski definition) is 1. The van der Waals surface area contributed by atoms with Crippen LogP contribution in [0.25, 0.3) is 0 Å². The highest BCUT2D eigenvalue weighted by Gasteiger charge is 2.58. The first-order valence-corrected chi connectivity index (χ1v) is 9.31. The number of likely N-dealkylation sites (tertiary alicyclic amines) is 1. The van der Waals surface area contributed by atoms with E-state index in [1.165, 1.54) is 0 Å². The Kier molecular flexibility index (Phi) is 5.07. The van der Waals surface area contributed by atoms with Crippen molar-refractivity contribution in [2.24, 2.45) is 5.41 Å². The van der Waals surface area contributed by atoms with Gasteiger partial charge in [0, 0.05) is 17.6 Å². The van der Waals surface area contributed by atoms with Gasteiger partial charge in [-0.2, -0.15) is 0 Å². The van der Waals surface area contributed by atoms with Gasteiger partial charge in [-0.1, -0.05) is 30.1 Å². The number of rotatable bonds is 4. The molecule has 0 radical (unpaired) electrons. The van der Waals surface area contributed by atoms with E-state index < -0.39 is 5.41 Å². The molecule has 1 heterocycles. The molecule has 1 aliphatic heterocycles. The topological polar surface area (TPSA) is 49.4 Å². The van der Waals surface area contributed by atoms with Gasteiger partial charge in [-0.25, -0.2) is 0 Å². The predicted molar refractivity (Wildman–Crippen MR) is 96.4 cm³/mol. The van der Waals surface area contributed by atoms with Crippen LogP contribution in [0.3, 0.4) is 0 Å². The van der Waals surface area contributed by atoms with E-state index >= 15 is 0 Å². The second kappa shape index (κ2) is 6.93. The van der Waals surface area contributed by atoms with Gasteiger partial charge in [0.25, 0.3) is 0 Å². The third-order valence-corrected chi connectivity index (χ3v) is 5.69. The normalized spacial score (nSPS) is 22.1. The third kappa shape index (κ3) is 3.27. The smallest absolute Gasteiger partial charge is 0.240 e. The van der Waals surface area contributed by atoms with Gasteiger partial charge in [0.1, 0.15) is 5.41 Å². The van der Waals surface area contributed by atoms with Crippen LogP contribution < -0.4 is 5.32 Å². The fourth-order valence-electron chi connectivity index (χ4n) is 3.47. The Labute approximate surface area is 152 Å². The zero-order valence-corrected chi connectivity index (χ0v) is 15.3. The number of nitrogens with zero attached hydrogens (tertiary/aromatic N) is 1. The lowest BCUT2D eigenvalue weighted by Crippen LogP contribution is -2.49. The lowest BCUT2D eigenvalue weighted by Gasteiger charge is -2.37. The Bertz CT molecular complexity index is 658. The van der Waals surface area contributed by atoms with Crippen LogP contribution in [0, 0.1) is 5.41 Å². The van der Waals surface area contributed by atoms with Crippen LogP contribution in [0.15, 0.2) is 18.2 Å². The summed E-state index contributed by atoms with van der Waals surface area (Å²) in [6.45, 7) is 2.85. The van der Waals surface area contributed by atoms with Crippen molar-refractivity contribution in [1.29, 1.82) is 0 Å². The van der Waals surface area contributed by atoms with Crippen LogP contribution in [0.2, 0.25) is 10.0 Å². The molecule has 0 aromatic heterocycles. The summed E-state index contributed by atoms with van der Waals surface area (Å²) in [5.41, 5.74) is -0.463. The van der Waals surface area contributed by atoms with Crippen molar-refractivity contribution in [3.63, 3.8) is 0 Å². The number of carbonyl (C=O) groups excluding carboxylic acids is 2. The first kappa shape index (κ1) is 17.6. The number of benzene rings is 1. The minimum Gasteiger partial charge on any atom is -0.339 e. The molecule has 1 aliphatic carbocycles. The summed E-state index contributed by atoms with van der Waals surface area (Å²) in [7, 11) is 0. The molecular weight excluding hydrogens is 347 g/mol. The lowest BCUT2D eigenvalue weighted by atomic mass is 9.95. The predicted octanol–water partition coefficient (Wildman–Crippen LogP) is 4.50. The maximum Gasteiger partial charge on any atom is 0.240 e. The summed E-state index contributed by atoms with van der Waals surface area (Å²) >= 11 is 12.1. The monoisotopic (exact) mass is 368 g/mol. The Hall–Kier alpha value is -1.26. The van der Waals surface area contributed by atoms with Gasteiger partial charge in [0.15, 0.2) is 0 Å². The summed E-state index contributed by atoms with van der Waals surface area (Å²) in [6, 6.07) is 5.17. The van der Waals surface area contributed by atoms with Gasteiger partial charge in [-0.05, 0) is 56.7 Å². The summed E-state index contributed by atoms with van der Waals surface area (Å²) in [5.74, 6) is -0.290. The van der Waals surface area contributed by atoms with Gasteiger partial charge in [0.05, 0.1) is 10.7 Å². The summed E-state index contributed by atoms with van der Waals surface area (Å²) in [5, 5.41) is 3.71. The number of nitrogens with one attached hydrogen (secondary N) is 1. The second-order valence-corrected chi connectivity index (χ2v) is 7.56. The van der Waals surface area contributed by atoms with Gasteiger partial charge in [-0.15, -0.1) is 0 Å². The third-order valence-electron chi connectivity index (χ3n) is 5.13. The average Bonchev–Trinajstić information content (AvgIpc) is 3.39. The van der Waals surface area contributed by atoms with Crippen molar-refractivity contribution in [2.75, 3.05) is 11.9 Å². The van der Waals surface area contributed by atoms with E-state index in [4.69, 9.17) is 23.2 Å². The molecule has 0 spiro atoms. The van der Waals surface area contributed by atoms with Crippen LogP contribution >= 0.6 is 23.2 Å². The largest absolute Gasteiger partial charge is 0.339 e. The molecule has 130 valence electrons. The van der Waals surface area contributed by atoms with Crippen molar-refractivity contribution in [2.45, 2.75) is 51.5 Å². The summed E-state index contributed by atoms with van der Waals surface area (Å²) < 4.78 is 0. The quantitative estimate of drug-likeness (QED) is 0.795. The molecule has 3 rings (SSSR count). The first-order valence-electron chi connectivity index (χ1n) is 8.55. The maximum absolute atomic E-state index is 13.0. The van der Waals surface area contributed by atoms with Crippen LogP contribution in [-0.4, -0.2) is 29.3 Å². The highest BCUT2D eigenvalue weighted by atomic mass is 35.5. The Balaban J connectivity index is 1.76. The van der Waals surface area contributed by atoms with Crippen LogP contribution in [0.4, 0.5) is 5.69 Å². The number of hydrogen-bond acceptors (Lipinski definition) is 2. The van der Waals surface area contributed by atoms with Crippen molar-refractivity contribution in [3.05, 3.63) is 28.2 Å². The van der Waals surface area contributed by atoms with E-state index in [1.807, 2.05) is 4.90 Å². The van der Waals surface area contributed by atoms with E-state index in [0.717, 1.165) is 32.2 Å². The fourth-order valence-corrected chi connectivity index (χ4v) is 3.80. The zero-order chi connectivity index (χ0) is 17.3. The standard InChI is InChI=1S/C18H22Cl2N2O2/c1-2-13-5-3-4-10-22(13)17(24)18(8-9-18)16(23)21-15-11-12(19)6-7-14(15)20/h6-7,11,13H,2-5,8-10H2,1H3,(H,21,23). The number of halogens is 2. The molecule has 1 unspecified atom stereocenters. The maximum atomic E-state index is 13.0. The Morgan fingerprint density at radius 3 is 2.71 bits per heavy atom. The molecule has 0 bridgehead atoms. The Morgan fingerprint density at radius 2 is 2.04 bits per heavy atom. The molecule has 2 aliphatic rings. The molecule has 24 heavy (non-hydrogen) atoms. The molecule has 6 heteroatoms. The van der Waals surface area contributed by atoms with Gasteiger partial charge in [-0.3, -0.25) is 9.59 Å². The highest BCUT2D eigenvalue weighted by Crippen LogP contribution is 2.49. The summed E-state index contributed by atoms with van der Waals surface area (Å²) in [6.07, 6.45) is 5.33. The number of amides is 2. The van der Waals surface area contributed by atoms with Crippen LogP contribution in [0.5, 0.6) is 0 Å².